The van der Waals surface area contributed by atoms with E-state index in [-0.39, 0.29) is 28.2 Å². The summed E-state index contributed by atoms with van der Waals surface area (Å²) in [7, 11) is 0. The van der Waals surface area contributed by atoms with Crippen molar-refractivity contribution in [2.75, 3.05) is 5.32 Å². The van der Waals surface area contributed by atoms with Crippen LogP contribution in [-0.2, 0) is 6.54 Å². The van der Waals surface area contributed by atoms with E-state index in [1.54, 1.807) is 11.6 Å². The summed E-state index contributed by atoms with van der Waals surface area (Å²) in [5.74, 6) is 0.458. The highest BCUT2D eigenvalue weighted by atomic mass is 16.6. The van der Waals surface area contributed by atoms with Crippen LogP contribution in [0.1, 0.15) is 39.3 Å². The van der Waals surface area contributed by atoms with Crippen LogP contribution in [0.15, 0.2) is 0 Å². The van der Waals surface area contributed by atoms with E-state index in [9.17, 15) is 15.2 Å². The third-order valence-corrected chi connectivity index (χ3v) is 4.24. The number of rotatable bonds is 5. The van der Waals surface area contributed by atoms with Crippen LogP contribution < -0.4 is 5.32 Å². The van der Waals surface area contributed by atoms with Crippen LogP contribution in [-0.4, -0.2) is 32.0 Å². The van der Waals surface area contributed by atoms with Crippen LogP contribution in [0.4, 0.5) is 11.5 Å². The molecule has 0 amide bonds. The standard InChI is InChI=1S/C13H22N4O3/c1-5-6-16-12(11(17(19)20)8(2)15-16)14-9-7-10(18)13(9,3)4/h9-10,14,18H,5-7H2,1-4H3. The Morgan fingerprint density at radius 3 is 2.70 bits per heavy atom. The topological polar surface area (TPSA) is 93.2 Å². The van der Waals surface area contributed by atoms with E-state index in [1.807, 2.05) is 20.8 Å². The van der Waals surface area contributed by atoms with Crippen LogP contribution >= 0.6 is 0 Å². The van der Waals surface area contributed by atoms with Crippen molar-refractivity contribution in [1.82, 2.24) is 9.78 Å². The molecule has 1 aromatic heterocycles. The molecular formula is C13H22N4O3. The van der Waals surface area contributed by atoms with Crippen molar-refractivity contribution in [3.63, 3.8) is 0 Å². The molecule has 2 atom stereocenters. The molecule has 1 fully saturated rings. The highest BCUT2D eigenvalue weighted by Crippen LogP contribution is 2.43. The number of nitrogens with one attached hydrogen (secondary N) is 1. The van der Waals surface area contributed by atoms with Gasteiger partial charge in [0.05, 0.1) is 11.0 Å². The van der Waals surface area contributed by atoms with E-state index < -0.39 is 0 Å². The smallest absolute Gasteiger partial charge is 0.333 e. The summed E-state index contributed by atoms with van der Waals surface area (Å²) < 4.78 is 1.66. The molecule has 1 aromatic rings. The zero-order chi connectivity index (χ0) is 15.1. The van der Waals surface area contributed by atoms with Gasteiger partial charge < -0.3 is 10.4 Å². The Morgan fingerprint density at radius 1 is 1.60 bits per heavy atom. The number of hydrogen-bond donors (Lipinski definition) is 2. The Kier molecular flexibility index (Phi) is 3.73. The maximum absolute atomic E-state index is 11.2. The number of nitrogens with zero attached hydrogens (tertiary/aromatic N) is 3. The fourth-order valence-electron chi connectivity index (χ4n) is 2.62. The Morgan fingerprint density at radius 2 is 2.25 bits per heavy atom. The molecule has 0 bridgehead atoms. The Bertz CT molecular complexity index is 524. The van der Waals surface area contributed by atoms with Crippen molar-refractivity contribution in [2.45, 2.75) is 59.2 Å². The summed E-state index contributed by atoms with van der Waals surface area (Å²) in [4.78, 5) is 10.8. The molecule has 1 saturated carbocycles. The maximum atomic E-state index is 11.2. The van der Waals surface area contributed by atoms with Crippen LogP contribution in [0.5, 0.6) is 0 Å². The molecule has 20 heavy (non-hydrogen) atoms. The second kappa shape index (κ2) is 5.05. The van der Waals surface area contributed by atoms with E-state index in [2.05, 4.69) is 10.4 Å². The normalized spacial score (nSPS) is 24.2. The molecule has 0 spiro atoms. The molecule has 2 rings (SSSR count). The number of aliphatic hydroxyl groups is 1. The van der Waals surface area contributed by atoms with Crippen molar-refractivity contribution in [3.05, 3.63) is 15.8 Å². The quantitative estimate of drug-likeness (QED) is 0.637. The highest BCUT2D eigenvalue weighted by molar-refractivity contribution is 5.60. The number of aliphatic hydroxyl groups excluding tert-OH is 1. The van der Waals surface area contributed by atoms with E-state index in [0.29, 0.717) is 24.5 Å². The number of aromatic nitrogens is 2. The lowest BCUT2D eigenvalue weighted by molar-refractivity contribution is -0.384. The number of nitro groups is 1. The molecule has 1 aliphatic rings. The zero-order valence-corrected chi connectivity index (χ0v) is 12.4. The van der Waals surface area contributed by atoms with Gasteiger partial charge in [-0.25, -0.2) is 4.68 Å². The Hall–Kier alpha value is -1.63. The third-order valence-electron chi connectivity index (χ3n) is 4.24. The minimum Gasteiger partial charge on any atom is -0.392 e. The molecule has 0 aliphatic heterocycles. The van der Waals surface area contributed by atoms with Crippen LogP contribution in [0.3, 0.4) is 0 Å². The fourth-order valence-corrected chi connectivity index (χ4v) is 2.62. The molecule has 0 radical (unpaired) electrons. The summed E-state index contributed by atoms with van der Waals surface area (Å²) in [5, 5.41) is 28.5. The van der Waals surface area contributed by atoms with E-state index in [1.165, 1.54) is 0 Å². The van der Waals surface area contributed by atoms with Gasteiger partial charge in [0.2, 0.25) is 5.82 Å². The Labute approximate surface area is 118 Å². The number of hydrogen-bond acceptors (Lipinski definition) is 5. The summed E-state index contributed by atoms with van der Waals surface area (Å²) in [6.07, 6.45) is 1.08. The van der Waals surface area contributed by atoms with Crippen LogP contribution in [0.2, 0.25) is 0 Å². The van der Waals surface area contributed by atoms with Crippen LogP contribution in [0, 0.1) is 22.5 Å². The molecule has 7 heteroatoms. The lowest BCUT2D eigenvalue weighted by atomic mass is 9.64. The molecule has 2 N–H and O–H groups in total. The largest absolute Gasteiger partial charge is 0.392 e. The van der Waals surface area contributed by atoms with Gasteiger partial charge >= 0.3 is 5.69 Å². The summed E-state index contributed by atoms with van der Waals surface area (Å²) in [6, 6.07) is 0.0166. The second-order valence-electron chi connectivity index (χ2n) is 6.03. The van der Waals surface area contributed by atoms with Gasteiger partial charge in [0.1, 0.15) is 5.69 Å². The molecular weight excluding hydrogens is 260 g/mol. The van der Waals surface area contributed by atoms with Gasteiger partial charge in [-0.3, -0.25) is 10.1 Å². The van der Waals surface area contributed by atoms with Crippen molar-refractivity contribution in [3.8, 4) is 0 Å². The highest BCUT2D eigenvalue weighted by Gasteiger charge is 2.48. The number of anilines is 1. The molecule has 112 valence electrons. The maximum Gasteiger partial charge on any atom is 0.333 e. The summed E-state index contributed by atoms with van der Waals surface area (Å²) in [6.45, 7) is 8.20. The Balaban J connectivity index is 2.32. The van der Waals surface area contributed by atoms with Crippen molar-refractivity contribution >= 4 is 11.5 Å². The van der Waals surface area contributed by atoms with Gasteiger partial charge in [0, 0.05) is 18.0 Å². The predicted octanol–water partition coefficient (Wildman–Crippen LogP) is 2.08. The van der Waals surface area contributed by atoms with Gasteiger partial charge in [-0.2, -0.15) is 5.10 Å². The third kappa shape index (κ3) is 2.26. The molecule has 1 aliphatic carbocycles. The van der Waals surface area contributed by atoms with Gasteiger partial charge in [-0.1, -0.05) is 20.8 Å². The monoisotopic (exact) mass is 282 g/mol. The van der Waals surface area contributed by atoms with Gasteiger partial charge in [-0.05, 0) is 19.8 Å². The molecule has 1 heterocycles. The van der Waals surface area contributed by atoms with Gasteiger partial charge in [0.25, 0.3) is 0 Å². The van der Waals surface area contributed by atoms with E-state index in [0.717, 1.165) is 6.42 Å². The van der Waals surface area contributed by atoms with Crippen molar-refractivity contribution in [2.24, 2.45) is 5.41 Å². The van der Waals surface area contributed by atoms with Gasteiger partial charge in [-0.15, -0.1) is 0 Å². The minimum atomic E-state index is -0.390. The second-order valence-corrected chi connectivity index (χ2v) is 6.03. The van der Waals surface area contributed by atoms with Crippen molar-refractivity contribution < 1.29 is 10.0 Å². The first-order chi connectivity index (χ1) is 9.28. The zero-order valence-electron chi connectivity index (χ0n) is 12.4. The van der Waals surface area contributed by atoms with E-state index in [4.69, 9.17) is 0 Å². The molecule has 0 saturated heterocycles. The first-order valence-electron chi connectivity index (χ1n) is 6.95. The molecule has 2 unspecified atom stereocenters. The van der Waals surface area contributed by atoms with Crippen molar-refractivity contribution in [1.29, 1.82) is 0 Å². The van der Waals surface area contributed by atoms with Gasteiger partial charge in [0.15, 0.2) is 0 Å². The fraction of sp³-hybridized carbons (Fsp3) is 0.769. The average molecular weight is 282 g/mol. The summed E-state index contributed by atoms with van der Waals surface area (Å²) in [5.41, 5.74) is 0.169. The lowest BCUT2D eigenvalue weighted by Gasteiger charge is -2.49. The van der Waals surface area contributed by atoms with E-state index >= 15 is 0 Å². The summed E-state index contributed by atoms with van der Waals surface area (Å²) >= 11 is 0. The van der Waals surface area contributed by atoms with Crippen LogP contribution in [0.25, 0.3) is 0 Å². The SMILES string of the molecule is CCCn1nc(C)c([N+](=O)[O-])c1NC1CC(O)C1(C)C. The molecule has 7 nitrogen and oxygen atoms in total. The minimum absolute atomic E-state index is 0.0166. The first kappa shape index (κ1) is 14.8. The lowest BCUT2D eigenvalue weighted by Crippen LogP contribution is -2.57. The average Bonchev–Trinajstić information content (AvgIpc) is 2.66. The first-order valence-corrected chi connectivity index (χ1v) is 6.95. The number of aryl methyl sites for hydroxylation is 2. The predicted molar refractivity (Wildman–Crippen MR) is 75.7 cm³/mol. The molecule has 0 aromatic carbocycles.